The molecule has 0 unspecified atom stereocenters. The number of esters is 1. The Bertz CT molecular complexity index is 847. The first kappa shape index (κ1) is 16.1. The van der Waals surface area contributed by atoms with E-state index >= 15 is 0 Å². The van der Waals surface area contributed by atoms with E-state index in [0.29, 0.717) is 22.7 Å². The maximum Gasteiger partial charge on any atom is 0.363 e. The van der Waals surface area contributed by atoms with Gasteiger partial charge in [-0.15, -0.1) is 0 Å². The normalized spacial score (nSPS) is 15.3. The summed E-state index contributed by atoms with van der Waals surface area (Å²) in [5.41, 5.74) is 1.69. The van der Waals surface area contributed by atoms with Crippen LogP contribution < -0.4 is 9.47 Å². The summed E-state index contributed by atoms with van der Waals surface area (Å²) in [5, 5.41) is 9.91. The van der Waals surface area contributed by atoms with Crippen molar-refractivity contribution in [1.82, 2.24) is 0 Å². The Kier molecular flexibility index (Phi) is 3.79. The number of hydrogen-bond donors (Lipinski definition) is 1. The number of hydrogen-bond acceptors (Lipinski definition) is 5. The van der Waals surface area contributed by atoms with Crippen LogP contribution in [-0.2, 0) is 10.2 Å². The molecule has 0 bridgehead atoms. The van der Waals surface area contributed by atoms with E-state index in [0.717, 1.165) is 5.56 Å². The van der Waals surface area contributed by atoms with Crippen molar-refractivity contribution < 1.29 is 19.4 Å². The van der Waals surface area contributed by atoms with Gasteiger partial charge in [0.2, 0.25) is 0 Å². The first-order chi connectivity index (χ1) is 11.3. The summed E-state index contributed by atoms with van der Waals surface area (Å²) >= 11 is 0. The number of phenolic OH excluding ortho intramolecular Hbond substituents is 1. The second-order valence-corrected chi connectivity index (χ2v) is 6.64. The zero-order valence-corrected chi connectivity index (χ0v) is 14.1. The Morgan fingerprint density at radius 3 is 2.50 bits per heavy atom. The Hall–Kier alpha value is -2.82. The zero-order valence-electron chi connectivity index (χ0n) is 14.1. The summed E-state index contributed by atoms with van der Waals surface area (Å²) in [5.74, 6) is 0.599. The lowest BCUT2D eigenvalue weighted by molar-refractivity contribution is -0.126. The van der Waals surface area contributed by atoms with E-state index in [2.05, 4.69) is 4.99 Å². The van der Waals surface area contributed by atoms with E-state index in [1.807, 2.05) is 26.8 Å². The molecular weight excluding hydrogens is 306 g/mol. The fraction of sp³-hybridized carbons (Fsp3) is 0.263. The minimum atomic E-state index is -0.535. The summed E-state index contributed by atoms with van der Waals surface area (Å²) in [4.78, 5) is 16.7. The van der Waals surface area contributed by atoms with Crippen molar-refractivity contribution in [3.05, 3.63) is 47.5 Å². The van der Waals surface area contributed by atoms with Gasteiger partial charge in [-0.2, -0.15) is 0 Å². The molecule has 1 heterocycles. The van der Waals surface area contributed by atoms with Crippen molar-refractivity contribution in [1.29, 1.82) is 0 Å². The Morgan fingerprint density at radius 1 is 1.17 bits per heavy atom. The molecule has 0 fully saturated rings. The SMILES string of the molecule is COc1cc2c(c(C(C)(C)C)c1)OC(=O)C2=Nc1ccccc1O. The molecule has 0 saturated heterocycles. The number of phenols is 1. The van der Waals surface area contributed by atoms with Gasteiger partial charge in [0.15, 0.2) is 5.71 Å². The third-order valence-corrected chi connectivity index (χ3v) is 3.86. The molecule has 0 amide bonds. The molecule has 1 aliphatic heterocycles. The number of aliphatic imine (C=N–C) groups is 1. The highest BCUT2D eigenvalue weighted by Crippen LogP contribution is 2.41. The molecule has 0 spiro atoms. The van der Waals surface area contributed by atoms with Crippen molar-refractivity contribution in [2.45, 2.75) is 26.2 Å². The average Bonchev–Trinajstić information content (AvgIpc) is 2.83. The van der Waals surface area contributed by atoms with Gasteiger partial charge in [-0.05, 0) is 29.7 Å². The van der Waals surface area contributed by atoms with Crippen LogP contribution >= 0.6 is 0 Å². The van der Waals surface area contributed by atoms with Crippen LogP contribution in [-0.4, -0.2) is 23.9 Å². The molecular formula is C19H19NO4. The lowest BCUT2D eigenvalue weighted by Gasteiger charge is -2.22. The maximum absolute atomic E-state index is 12.4. The maximum atomic E-state index is 12.4. The fourth-order valence-electron chi connectivity index (χ4n) is 2.60. The van der Waals surface area contributed by atoms with Crippen molar-refractivity contribution >= 4 is 17.4 Å². The van der Waals surface area contributed by atoms with E-state index in [4.69, 9.17) is 9.47 Å². The minimum Gasteiger partial charge on any atom is -0.506 e. The molecule has 24 heavy (non-hydrogen) atoms. The Labute approximate surface area is 140 Å². The first-order valence-electron chi connectivity index (χ1n) is 7.63. The van der Waals surface area contributed by atoms with E-state index in [-0.39, 0.29) is 16.9 Å². The molecule has 0 aliphatic carbocycles. The van der Waals surface area contributed by atoms with Gasteiger partial charge in [-0.3, -0.25) is 0 Å². The molecule has 2 aromatic rings. The molecule has 1 aliphatic rings. The zero-order chi connectivity index (χ0) is 17.5. The lowest BCUT2D eigenvalue weighted by atomic mass is 9.85. The van der Waals surface area contributed by atoms with Crippen LogP contribution in [0.4, 0.5) is 5.69 Å². The third kappa shape index (κ3) is 2.73. The number of carbonyl (C=O) groups excluding carboxylic acids is 1. The van der Waals surface area contributed by atoms with Gasteiger partial charge in [-0.25, -0.2) is 9.79 Å². The van der Waals surface area contributed by atoms with E-state index in [1.54, 1.807) is 31.4 Å². The number of nitrogens with zero attached hydrogens (tertiary/aromatic N) is 1. The molecule has 0 saturated carbocycles. The second kappa shape index (κ2) is 5.67. The number of fused-ring (bicyclic) bond motifs is 1. The molecule has 3 rings (SSSR count). The van der Waals surface area contributed by atoms with Crippen molar-refractivity contribution in [3.63, 3.8) is 0 Å². The largest absolute Gasteiger partial charge is 0.506 e. The van der Waals surface area contributed by atoms with Crippen molar-refractivity contribution in [3.8, 4) is 17.2 Å². The van der Waals surface area contributed by atoms with Crippen LogP contribution in [0.5, 0.6) is 17.2 Å². The van der Waals surface area contributed by atoms with Gasteiger partial charge >= 0.3 is 5.97 Å². The summed E-state index contributed by atoms with van der Waals surface area (Å²) < 4.78 is 10.8. The topological polar surface area (TPSA) is 68.1 Å². The summed E-state index contributed by atoms with van der Waals surface area (Å²) in [7, 11) is 1.58. The number of ether oxygens (including phenoxy) is 2. The first-order valence-corrected chi connectivity index (χ1v) is 7.63. The summed E-state index contributed by atoms with van der Waals surface area (Å²) in [6.07, 6.45) is 0. The molecule has 1 N–H and O–H groups in total. The average molecular weight is 325 g/mol. The van der Waals surface area contributed by atoms with Gasteiger partial charge in [0.1, 0.15) is 22.9 Å². The van der Waals surface area contributed by atoms with Crippen LogP contribution in [0.15, 0.2) is 41.4 Å². The fourth-order valence-corrected chi connectivity index (χ4v) is 2.60. The minimum absolute atomic E-state index is 0.00481. The predicted octanol–water partition coefficient (Wildman–Crippen LogP) is 3.74. The number of benzene rings is 2. The number of aromatic hydroxyl groups is 1. The number of methoxy groups -OCH3 is 1. The quantitative estimate of drug-likeness (QED) is 0.674. The standard InChI is InChI=1S/C19H19NO4/c1-19(2,3)13-10-11(23-4)9-12-16(18(22)24-17(12)13)20-14-7-5-6-8-15(14)21/h5-10,21H,1-4H3. The molecule has 5 heteroatoms. The van der Waals surface area contributed by atoms with Gasteiger partial charge in [0, 0.05) is 5.56 Å². The molecule has 5 nitrogen and oxygen atoms in total. The highest BCUT2D eigenvalue weighted by Gasteiger charge is 2.35. The highest BCUT2D eigenvalue weighted by molar-refractivity contribution is 6.47. The molecule has 0 radical (unpaired) electrons. The van der Waals surface area contributed by atoms with Gasteiger partial charge in [0.25, 0.3) is 0 Å². The number of carbonyl (C=O) groups is 1. The Balaban J connectivity index is 2.22. The molecule has 0 aromatic heterocycles. The summed E-state index contributed by atoms with van der Waals surface area (Å²) in [6.45, 7) is 6.11. The van der Waals surface area contributed by atoms with Crippen LogP contribution in [0.1, 0.15) is 31.9 Å². The number of para-hydroxylation sites is 2. The number of rotatable bonds is 2. The predicted molar refractivity (Wildman–Crippen MR) is 91.6 cm³/mol. The van der Waals surface area contributed by atoms with Crippen LogP contribution in [0.3, 0.4) is 0 Å². The smallest absolute Gasteiger partial charge is 0.363 e. The van der Waals surface area contributed by atoms with Crippen molar-refractivity contribution in [2.75, 3.05) is 7.11 Å². The van der Waals surface area contributed by atoms with Crippen LogP contribution in [0.2, 0.25) is 0 Å². The third-order valence-electron chi connectivity index (χ3n) is 3.86. The van der Waals surface area contributed by atoms with Crippen molar-refractivity contribution in [2.24, 2.45) is 4.99 Å². The molecule has 124 valence electrons. The second-order valence-electron chi connectivity index (χ2n) is 6.64. The monoisotopic (exact) mass is 325 g/mol. The summed E-state index contributed by atoms with van der Waals surface area (Å²) in [6, 6.07) is 10.2. The Morgan fingerprint density at radius 2 is 1.88 bits per heavy atom. The van der Waals surface area contributed by atoms with Gasteiger partial charge in [0.05, 0.1) is 12.7 Å². The van der Waals surface area contributed by atoms with Gasteiger partial charge < -0.3 is 14.6 Å². The van der Waals surface area contributed by atoms with Crippen LogP contribution in [0, 0.1) is 0 Å². The lowest BCUT2D eigenvalue weighted by Crippen LogP contribution is -2.14. The van der Waals surface area contributed by atoms with Gasteiger partial charge in [-0.1, -0.05) is 32.9 Å². The van der Waals surface area contributed by atoms with E-state index < -0.39 is 5.97 Å². The van der Waals surface area contributed by atoms with E-state index in [9.17, 15) is 9.90 Å². The molecule has 2 aromatic carbocycles. The van der Waals surface area contributed by atoms with Crippen LogP contribution in [0.25, 0.3) is 0 Å². The highest BCUT2D eigenvalue weighted by atomic mass is 16.5. The van der Waals surface area contributed by atoms with E-state index in [1.165, 1.54) is 6.07 Å². The molecule has 0 atom stereocenters.